The molecule has 1 aliphatic carbocycles. The van der Waals surface area contributed by atoms with E-state index in [2.05, 4.69) is 0 Å². The molecule has 9 heavy (non-hydrogen) atoms. The number of carbonyl (C=O) groups is 1. The first-order valence-corrected chi connectivity index (χ1v) is 2.87. The normalized spacial score (nSPS) is 23.1. The second-order valence-electron chi connectivity index (χ2n) is 2.00. The van der Waals surface area contributed by atoms with Crippen molar-refractivity contribution in [1.82, 2.24) is 0 Å². The fraction of sp³-hybridized carbons (Fsp3) is 0.286. The smallest absolute Gasteiger partial charge is 0.156 e. The van der Waals surface area contributed by atoms with Crippen molar-refractivity contribution in [2.24, 2.45) is 0 Å². The standard InChI is InChI=1S/C7H8O2/c8-5-6-1-3-7(9)4-2-6/h1,3,5,8H,2,4H2. The van der Waals surface area contributed by atoms with Crippen molar-refractivity contribution in [2.45, 2.75) is 12.8 Å². The molecule has 0 amide bonds. The lowest BCUT2D eigenvalue weighted by atomic mass is 10.0. The van der Waals surface area contributed by atoms with E-state index in [9.17, 15) is 4.79 Å². The van der Waals surface area contributed by atoms with Crippen LogP contribution in [0.15, 0.2) is 24.0 Å². The summed E-state index contributed by atoms with van der Waals surface area (Å²) in [4.78, 5) is 10.5. The minimum atomic E-state index is 0.139. The van der Waals surface area contributed by atoms with Crippen LogP contribution in [0.2, 0.25) is 0 Å². The SMILES string of the molecule is O=C1C=CC(=CO)CC1. The minimum absolute atomic E-state index is 0.139. The maximum absolute atomic E-state index is 10.5. The lowest BCUT2D eigenvalue weighted by Crippen LogP contribution is -1.98. The summed E-state index contributed by atoms with van der Waals surface area (Å²) in [6, 6.07) is 0. The number of carbonyl (C=O) groups excluding carboxylic acids is 1. The van der Waals surface area contributed by atoms with E-state index in [-0.39, 0.29) is 5.78 Å². The number of hydrogen-bond acceptors (Lipinski definition) is 2. The Morgan fingerprint density at radius 1 is 1.44 bits per heavy atom. The Bertz CT molecular complexity index is 177. The van der Waals surface area contributed by atoms with Crippen LogP contribution in [-0.4, -0.2) is 10.9 Å². The predicted molar refractivity (Wildman–Crippen MR) is 34.1 cm³/mol. The quantitative estimate of drug-likeness (QED) is 0.495. The Kier molecular flexibility index (Phi) is 1.68. The van der Waals surface area contributed by atoms with E-state index in [1.54, 1.807) is 6.08 Å². The zero-order valence-electron chi connectivity index (χ0n) is 5.00. The zero-order chi connectivity index (χ0) is 6.69. The van der Waals surface area contributed by atoms with Crippen LogP contribution in [0.3, 0.4) is 0 Å². The van der Waals surface area contributed by atoms with Crippen molar-refractivity contribution >= 4 is 5.78 Å². The third-order valence-corrected chi connectivity index (χ3v) is 1.31. The average Bonchev–Trinajstić information content (AvgIpc) is 1.90. The Balaban J connectivity index is 2.69. The van der Waals surface area contributed by atoms with Gasteiger partial charge in [-0.05, 0) is 18.1 Å². The van der Waals surface area contributed by atoms with Crippen LogP contribution >= 0.6 is 0 Å². The molecule has 0 aromatic carbocycles. The lowest BCUT2D eigenvalue weighted by molar-refractivity contribution is -0.114. The molecule has 0 atom stereocenters. The van der Waals surface area contributed by atoms with E-state index in [1.165, 1.54) is 6.08 Å². The molecular formula is C7H8O2. The van der Waals surface area contributed by atoms with Crippen LogP contribution < -0.4 is 0 Å². The van der Waals surface area contributed by atoms with E-state index in [0.717, 1.165) is 11.8 Å². The van der Waals surface area contributed by atoms with E-state index < -0.39 is 0 Å². The van der Waals surface area contributed by atoms with Gasteiger partial charge in [-0.1, -0.05) is 6.08 Å². The second kappa shape index (κ2) is 2.49. The summed E-state index contributed by atoms with van der Waals surface area (Å²) in [5.74, 6) is 0.139. The molecule has 0 saturated carbocycles. The topological polar surface area (TPSA) is 37.3 Å². The van der Waals surface area contributed by atoms with E-state index >= 15 is 0 Å². The number of hydrogen-bond donors (Lipinski definition) is 1. The molecule has 48 valence electrons. The highest BCUT2D eigenvalue weighted by molar-refractivity contribution is 5.91. The Morgan fingerprint density at radius 2 is 2.22 bits per heavy atom. The first kappa shape index (κ1) is 6.08. The van der Waals surface area contributed by atoms with Crippen LogP contribution in [0.4, 0.5) is 0 Å². The predicted octanol–water partition coefficient (Wildman–Crippen LogP) is 1.35. The summed E-state index contributed by atoms with van der Waals surface area (Å²) >= 11 is 0. The van der Waals surface area contributed by atoms with Gasteiger partial charge in [0.1, 0.15) is 0 Å². The van der Waals surface area contributed by atoms with Gasteiger partial charge in [-0.15, -0.1) is 0 Å². The van der Waals surface area contributed by atoms with Crippen molar-refractivity contribution in [3.8, 4) is 0 Å². The Morgan fingerprint density at radius 3 is 2.67 bits per heavy atom. The average molecular weight is 124 g/mol. The molecule has 1 N–H and O–H groups in total. The van der Waals surface area contributed by atoms with Crippen LogP contribution in [-0.2, 0) is 4.79 Å². The van der Waals surface area contributed by atoms with Gasteiger partial charge in [-0.3, -0.25) is 4.79 Å². The number of aliphatic hydroxyl groups excluding tert-OH is 1. The minimum Gasteiger partial charge on any atom is -0.515 e. The molecule has 0 saturated heterocycles. The fourth-order valence-electron chi connectivity index (χ4n) is 0.742. The summed E-state index contributed by atoms with van der Waals surface area (Å²) in [5, 5.41) is 8.45. The highest BCUT2D eigenvalue weighted by Crippen LogP contribution is 2.11. The first-order chi connectivity index (χ1) is 4.33. The maximum Gasteiger partial charge on any atom is 0.156 e. The fourth-order valence-corrected chi connectivity index (χ4v) is 0.742. The Labute approximate surface area is 53.5 Å². The molecule has 2 heteroatoms. The van der Waals surface area contributed by atoms with E-state index in [4.69, 9.17) is 5.11 Å². The van der Waals surface area contributed by atoms with Crippen molar-refractivity contribution < 1.29 is 9.90 Å². The van der Waals surface area contributed by atoms with E-state index in [1.807, 2.05) is 0 Å². The lowest BCUT2D eigenvalue weighted by Gasteiger charge is -2.02. The first-order valence-electron chi connectivity index (χ1n) is 2.87. The molecule has 0 spiro atoms. The number of aliphatic hydroxyl groups is 1. The molecule has 0 aliphatic heterocycles. The van der Waals surface area contributed by atoms with E-state index in [0.29, 0.717) is 12.8 Å². The summed E-state index contributed by atoms with van der Waals surface area (Å²) in [7, 11) is 0. The summed E-state index contributed by atoms with van der Waals surface area (Å²) in [6.07, 6.45) is 5.38. The van der Waals surface area contributed by atoms with Crippen LogP contribution in [0.5, 0.6) is 0 Å². The van der Waals surface area contributed by atoms with Gasteiger partial charge in [0.05, 0.1) is 6.26 Å². The number of rotatable bonds is 0. The molecule has 0 bridgehead atoms. The molecule has 0 heterocycles. The highest BCUT2D eigenvalue weighted by Gasteiger charge is 2.04. The molecule has 1 aliphatic rings. The summed E-state index contributed by atoms with van der Waals surface area (Å²) in [5.41, 5.74) is 0.828. The molecule has 2 nitrogen and oxygen atoms in total. The number of allylic oxidation sites excluding steroid dienone is 3. The highest BCUT2D eigenvalue weighted by atomic mass is 16.2. The molecule has 0 fully saturated rings. The van der Waals surface area contributed by atoms with Crippen molar-refractivity contribution in [3.63, 3.8) is 0 Å². The Hall–Kier alpha value is -1.05. The molecule has 1 rings (SSSR count). The maximum atomic E-state index is 10.5. The third kappa shape index (κ3) is 1.42. The molecule has 0 radical (unpaired) electrons. The summed E-state index contributed by atoms with van der Waals surface area (Å²) < 4.78 is 0. The molecule has 0 aromatic rings. The van der Waals surface area contributed by atoms with Gasteiger partial charge in [0, 0.05) is 6.42 Å². The van der Waals surface area contributed by atoms with Crippen molar-refractivity contribution in [3.05, 3.63) is 24.0 Å². The zero-order valence-corrected chi connectivity index (χ0v) is 5.00. The van der Waals surface area contributed by atoms with Gasteiger partial charge in [-0.25, -0.2) is 0 Å². The van der Waals surface area contributed by atoms with Gasteiger partial charge in [0.15, 0.2) is 5.78 Å². The second-order valence-corrected chi connectivity index (χ2v) is 2.00. The van der Waals surface area contributed by atoms with Gasteiger partial charge >= 0.3 is 0 Å². The van der Waals surface area contributed by atoms with Crippen LogP contribution in [0.25, 0.3) is 0 Å². The molecular weight excluding hydrogens is 116 g/mol. The third-order valence-electron chi connectivity index (χ3n) is 1.31. The van der Waals surface area contributed by atoms with Gasteiger partial charge in [0.2, 0.25) is 0 Å². The largest absolute Gasteiger partial charge is 0.515 e. The van der Waals surface area contributed by atoms with Crippen LogP contribution in [0.1, 0.15) is 12.8 Å². The van der Waals surface area contributed by atoms with Gasteiger partial charge in [-0.2, -0.15) is 0 Å². The van der Waals surface area contributed by atoms with Crippen LogP contribution in [0, 0.1) is 0 Å². The number of ketones is 1. The molecule has 0 unspecified atom stereocenters. The summed E-state index contributed by atoms with van der Waals surface area (Å²) in [6.45, 7) is 0. The monoisotopic (exact) mass is 124 g/mol. The van der Waals surface area contributed by atoms with Gasteiger partial charge < -0.3 is 5.11 Å². The molecule has 0 aromatic heterocycles. The van der Waals surface area contributed by atoms with Crippen molar-refractivity contribution in [2.75, 3.05) is 0 Å². The van der Waals surface area contributed by atoms with Gasteiger partial charge in [0.25, 0.3) is 0 Å². The van der Waals surface area contributed by atoms with Crippen molar-refractivity contribution in [1.29, 1.82) is 0 Å².